The van der Waals surface area contributed by atoms with Crippen molar-refractivity contribution in [3.8, 4) is 0 Å². The van der Waals surface area contributed by atoms with Crippen LogP contribution in [0, 0.1) is 9.39 Å². The average Bonchev–Trinajstić information content (AvgIpc) is 1.99. The molecule has 0 saturated heterocycles. The van der Waals surface area contributed by atoms with E-state index in [1.807, 2.05) is 0 Å². The second kappa shape index (κ2) is 3.26. The minimum atomic E-state index is -1.11. The molecule has 0 bridgehead atoms. The van der Waals surface area contributed by atoms with E-state index in [1.54, 1.807) is 22.6 Å². The fourth-order valence-electron chi connectivity index (χ4n) is 0.734. The molecule has 0 aliphatic rings. The summed E-state index contributed by atoms with van der Waals surface area (Å²) in [7, 11) is 0. The van der Waals surface area contributed by atoms with E-state index in [0.29, 0.717) is 0 Å². The summed E-state index contributed by atoms with van der Waals surface area (Å²) in [6, 6.07) is 2.33. The van der Waals surface area contributed by atoms with Crippen molar-refractivity contribution in [3.05, 3.63) is 27.1 Å². The first-order chi connectivity index (χ1) is 5.52. The molecule has 0 heterocycles. The van der Waals surface area contributed by atoms with E-state index in [-0.39, 0.29) is 14.8 Å². The van der Waals surface area contributed by atoms with Crippen molar-refractivity contribution in [3.63, 3.8) is 0 Å². The predicted molar refractivity (Wildman–Crippen MR) is 50.5 cm³/mol. The van der Waals surface area contributed by atoms with E-state index < -0.39 is 11.8 Å². The van der Waals surface area contributed by atoms with Crippen molar-refractivity contribution >= 4 is 34.2 Å². The number of nitrogens with two attached hydrogens (primary N) is 1. The monoisotopic (exact) mass is 281 g/mol. The number of nitrogen functional groups attached to an aromatic ring is 1. The lowest BCUT2D eigenvalue weighted by Gasteiger charge is -2.00. The maximum Gasteiger partial charge on any atom is 0.335 e. The zero-order valence-electron chi connectivity index (χ0n) is 5.84. The summed E-state index contributed by atoms with van der Waals surface area (Å²) in [6.07, 6.45) is 0. The Bertz CT molecular complexity index is 317. The van der Waals surface area contributed by atoms with Gasteiger partial charge in [-0.25, -0.2) is 9.18 Å². The summed E-state index contributed by atoms with van der Waals surface area (Å²) in [5.41, 5.74) is 5.08. The van der Waals surface area contributed by atoms with Crippen molar-refractivity contribution in [2.24, 2.45) is 0 Å². The molecule has 0 fully saturated rings. The van der Waals surface area contributed by atoms with Crippen molar-refractivity contribution < 1.29 is 14.3 Å². The first-order valence-corrected chi connectivity index (χ1v) is 4.08. The third-order valence-corrected chi connectivity index (χ3v) is 2.09. The van der Waals surface area contributed by atoms with Gasteiger partial charge in [0.2, 0.25) is 0 Å². The number of carboxylic acids is 1. The van der Waals surface area contributed by atoms with Gasteiger partial charge in [0.15, 0.2) is 5.82 Å². The molecule has 0 aliphatic carbocycles. The summed E-state index contributed by atoms with van der Waals surface area (Å²) < 4.78 is 13.1. The Morgan fingerprint density at radius 2 is 2.17 bits per heavy atom. The summed E-state index contributed by atoms with van der Waals surface area (Å²) >= 11 is 1.69. The zero-order chi connectivity index (χ0) is 9.30. The molecule has 0 radical (unpaired) electrons. The van der Waals surface area contributed by atoms with E-state index in [2.05, 4.69) is 0 Å². The number of carboxylic acid groups (broad SMARTS) is 1. The molecule has 0 amide bonds. The van der Waals surface area contributed by atoms with E-state index in [1.165, 1.54) is 6.07 Å². The number of benzene rings is 1. The highest BCUT2D eigenvalue weighted by Gasteiger charge is 2.09. The maximum atomic E-state index is 12.8. The molecule has 1 aromatic rings. The second-order valence-corrected chi connectivity index (χ2v) is 3.33. The molecule has 1 rings (SSSR count). The van der Waals surface area contributed by atoms with Gasteiger partial charge < -0.3 is 10.8 Å². The average molecular weight is 281 g/mol. The number of hydrogen-bond donors (Lipinski definition) is 2. The highest BCUT2D eigenvalue weighted by Crippen LogP contribution is 2.19. The van der Waals surface area contributed by atoms with Crippen LogP contribution in [0.3, 0.4) is 0 Å². The number of anilines is 1. The van der Waals surface area contributed by atoms with Gasteiger partial charge in [0.25, 0.3) is 0 Å². The normalized spacial score (nSPS) is 9.83. The van der Waals surface area contributed by atoms with Crippen LogP contribution in [-0.4, -0.2) is 11.1 Å². The van der Waals surface area contributed by atoms with Gasteiger partial charge >= 0.3 is 5.97 Å². The second-order valence-electron chi connectivity index (χ2n) is 2.17. The van der Waals surface area contributed by atoms with Crippen molar-refractivity contribution in [2.75, 3.05) is 5.73 Å². The quantitative estimate of drug-likeness (QED) is 0.608. The van der Waals surface area contributed by atoms with Gasteiger partial charge in [-0.15, -0.1) is 0 Å². The Morgan fingerprint density at radius 3 is 2.58 bits per heavy atom. The molecule has 5 heteroatoms. The third-order valence-electron chi connectivity index (χ3n) is 1.30. The maximum absolute atomic E-state index is 12.8. The summed E-state index contributed by atoms with van der Waals surface area (Å²) in [4.78, 5) is 10.4. The number of halogens is 2. The van der Waals surface area contributed by atoms with E-state index in [0.717, 1.165) is 6.07 Å². The van der Waals surface area contributed by atoms with Gasteiger partial charge in [-0.05, 0) is 34.7 Å². The van der Waals surface area contributed by atoms with E-state index in [4.69, 9.17) is 10.8 Å². The van der Waals surface area contributed by atoms with Crippen molar-refractivity contribution in [1.82, 2.24) is 0 Å². The molecule has 12 heavy (non-hydrogen) atoms. The van der Waals surface area contributed by atoms with Gasteiger partial charge in [-0.3, -0.25) is 0 Å². The number of carbonyl (C=O) groups is 1. The summed E-state index contributed by atoms with van der Waals surface area (Å²) in [5, 5.41) is 8.54. The molecule has 0 aromatic heterocycles. The number of rotatable bonds is 1. The lowest BCUT2D eigenvalue weighted by molar-refractivity contribution is 0.0697. The molecule has 0 spiro atoms. The molecule has 64 valence electrons. The molecule has 3 nitrogen and oxygen atoms in total. The Kier molecular flexibility index (Phi) is 2.51. The largest absolute Gasteiger partial charge is 0.478 e. The van der Waals surface area contributed by atoms with Crippen LogP contribution in [0.25, 0.3) is 0 Å². The summed E-state index contributed by atoms with van der Waals surface area (Å²) in [6.45, 7) is 0. The first kappa shape index (κ1) is 9.24. The van der Waals surface area contributed by atoms with Crippen LogP contribution in [0.2, 0.25) is 0 Å². The Labute approximate surface area is 81.5 Å². The highest BCUT2D eigenvalue weighted by molar-refractivity contribution is 14.1. The lowest BCUT2D eigenvalue weighted by Crippen LogP contribution is -2.01. The Morgan fingerprint density at radius 1 is 1.58 bits per heavy atom. The molecule has 1 aromatic carbocycles. The van der Waals surface area contributed by atoms with Crippen LogP contribution in [0.1, 0.15) is 10.4 Å². The van der Waals surface area contributed by atoms with Crippen LogP contribution in [-0.2, 0) is 0 Å². The topological polar surface area (TPSA) is 63.3 Å². The van der Waals surface area contributed by atoms with Gasteiger partial charge in [-0.1, -0.05) is 0 Å². The fraction of sp³-hybridized carbons (Fsp3) is 0. The minimum absolute atomic E-state index is 0.00157. The first-order valence-electron chi connectivity index (χ1n) is 3.00. The Balaban J connectivity index is 3.31. The van der Waals surface area contributed by atoms with Crippen molar-refractivity contribution in [2.45, 2.75) is 0 Å². The molecule has 0 saturated carbocycles. The molecular formula is C7H5FINO2. The predicted octanol–water partition coefficient (Wildman–Crippen LogP) is 1.71. The highest BCUT2D eigenvalue weighted by atomic mass is 127. The van der Waals surface area contributed by atoms with Gasteiger partial charge in [-0.2, -0.15) is 0 Å². The van der Waals surface area contributed by atoms with Gasteiger partial charge in [0, 0.05) is 0 Å². The third kappa shape index (κ3) is 1.66. The fourth-order valence-corrected chi connectivity index (χ4v) is 1.38. The lowest BCUT2D eigenvalue weighted by atomic mass is 10.2. The van der Waals surface area contributed by atoms with Crippen molar-refractivity contribution in [1.29, 1.82) is 0 Å². The molecule has 0 unspecified atom stereocenters. The standard InChI is InChI=1S/C7H5FINO2/c8-6-4(9)1-3(7(11)12)2-5(6)10/h1-2H,10H2,(H,11,12). The van der Waals surface area contributed by atoms with E-state index in [9.17, 15) is 9.18 Å². The molecule has 0 aliphatic heterocycles. The smallest absolute Gasteiger partial charge is 0.335 e. The molecule has 0 atom stereocenters. The summed E-state index contributed by atoms with van der Waals surface area (Å²) in [5.74, 6) is -1.68. The van der Waals surface area contributed by atoms with Crippen LogP contribution >= 0.6 is 22.6 Å². The number of hydrogen-bond acceptors (Lipinski definition) is 2. The minimum Gasteiger partial charge on any atom is -0.478 e. The zero-order valence-corrected chi connectivity index (χ0v) is 8.00. The van der Waals surface area contributed by atoms with E-state index >= 15 is 0 Å². The van der Waals surface area contributed by atoms with Crippen LogP contribution in [0.15, 0.2) is 12.1 Å². The van der Waals surface area contributed by atoms with Crippen LogP contribution in [0.4, 0.5) is 10.1 Å². The van der Waals surface area contributed by atoms with Crippen LogP contribution in [0.5, 0.6) is 0 Å². The van der Waals surface area contributed by atoms with Gasteiger partial charge in [0.1, 0.15) is 0 Å². The van der Waals surface area contributed by atoms with Gasteiger partial charge in [0.05, 0.1) is 14.8 Å². The SMILES string of the molecule is Nc1cc(C(=O)O)cc(I)c1F. The van der Waals surface area contributed by atoms with Crippen LogP contribution < -0.4 is 5.73 Å². The molecular weight excluding hydrogens is 276 g/mol. The number of aromatic carboxylic acids is 1. The molecule has 3 N–H and O–H groups in total. The Hall–Kier alpha value is -0.850.